The van der Waals surface area contributed by atoms with Crippen molar-refractivity contribution in [3.05, 3.63) is 75.9 Å². The molecule has 2 aliphatic carbocycles. The summed E-state index contributed by atoms with van der Waals surface area (Å²) in [5.74, 6) is 0.0530. The molecule has 0 N–H and O–H groups in total. The van der Waals surface area contributed by atoms with Gasteiger partial charge in [-0.15, -0.1) is 0 Å². The Morgan fingerprint density at radius 2 is 1.63 bits per heavy atom. The Kier molecular flexibility index (Phi) is 9.18. The molecule has 2 aliphatic rings. The number of aryl methyl sites for hydroxylation is 2. The molecule has 0 heterocycles. The van der Waals surface area contributed by atoms with Gasteiger partial charge in [-0.2, -0.15) is 0 Å². The monoisotopic (exact) mass is 512 g/mol. The number of benzene rings is 2. The van der Waals surface area contributed by atoms with Crippen LogP contribution >= 0.6 is 0 Å². The summed E-state index contributed by atoms with van der Waals surface area (Å²) in [6.45, 7) is 10.3. The van der Waals surface area contributed by atoms with Gasteiger partial charge in [0.25, 0.3) is 0 Å². The number of allylic oxidation sites excluding steroid dienone is 2. The third kappa shape index (κ3) is 6.08. The van der Waals surface area contributed by atoms with Crippen LogP contribution in [0.5, 0.6) is 0 Å². The minimum absolute atomic E-state index is 0.0307. The van der Waals surface area contributed by atoms with Gasteiger partial charge in [0.1, 0.15) is 0 Å². The third-order valence-electron chi connectivity index (χ3n) is 8.96. The molecule has 0 bridgehead atoms. The second-order valence-electron chi connectivity index (χ2n) is 11.8. The largest absolute Gasteiger partial charge is 0.294 e. The van der Waals surface area contributed by atoms with Crippen molar-refractivity contribution in [1.82, 2.24) is 0 Å². The lowest BCUT2D eigenvalue weighted by Crippen LogP contribution is -2.25. The van der Waals surface area contributed by atoms with Crippen molar-refractivity contribution < 1.29 is 14.4 Å². The summed E-state index contributed by atoms with van der Waals surface area (Å²) < 4.78 is 0. The number of rotatable bonds is 11. The third-order valence-corrected chi connectivity index (χ3v) is 8.96. The van der Waals surface area contributed by atoms with Gasteiger partial charge in [-0.3, -0.25) is 14.4 Å². The van der Waals surface area contributed by atoms with Gasteiger partial charge in [-0.25, -0.2) is 0 Å². The Labute approximate surface area is 229 Å². The molecule has 0 radical (unpaired) electrons. The normalized spacial score (nSPS) is 21.5. The van der Waals surface area contributed by atoms with Gasteiger partial charge >= 0.3 is 0 Å². The lowest BCUT2D eigenvalue weighted by atomic mass is 9.76. The molecular formula is C35H44O3. The van der Waals surface area contributed by atoms with Crippen LogP contribution < -0.4 is 0 Å². The van der Waals surface area contributed by atoms with Crippen LogP contribution in [0, 0.1) is 31.6 Å². The van der Waals surface area contributed by atoms with Crippen LogP contribution in [-0.2, 0) is 16.0 Å². The molecule has 2 aromatic carbocycles. The van der Waals surface area contributed by atoms with Gasteiger partial charge in [0.15, 0.2) is 5.78 Å². The number of ketones is 3. The van der Waals surface area contributed by atoms with E-state index in [1.807, 2.05) is 26.0 Å². The summed E-state index contributed by atoms with van der Waals surface area (Å²) in [5.41, 5.74) is 6.72. The standard InChI is InChI=1S/C35H44O3/c1-6-8-9-27(7-2)34(37)35(38)32-19-23(4)29-18-24(5)30(21-31(29)32)33(36)28-16-14-26(15-17-28)20-25-12-10-22(3)11-13-25/h10-13,18-19,21,23,26-28H,6-9,14-17,20H2,1-5H3. The van der Waals surface area contributed by atoms with E-state index in [2.05, 4.69) is 51.1 Å². The van der Waals surface area contributed by atoms with Crippen LogP contribution in [0.4, 0.5) is 0 Å². The number of carbonyl (C=O) groups is 3. The van der Waals surface area contributed by atoms with Crippen LogP contribution in [0.3, 0.4) is 0 Å². The van der Waals surface area contributed by atoms with Gasteiger partial charge < -0.3 is 0 Å². The summed E-state index contributed by atoms with van der Waals surface area (Å²) >= 11 is 0. The molecule has 202 valence electrons. The molecular weight excluding hydrogens is 468 g/mol. The van der Waals surface area contributed by atoms with E-state index in [1.54, 1.807) is 0 Å². The fraction of sp³-hybridized carbons (Fsp3) is 0.514. The van der Waals surface area contributed by atoms with Gasteiger partial charge in [0.05, 0.1) is 0 Å². The van der Waals surface area contributed by atoms with E-state index in [-0.39, 0.29) is 35.1 Å². The number of hydrogen-bond acceptors (Lipinski definition) is 3. The smallest absolute Gasteiger partial charge is 0.229 e. The van der Waals surface area contributed by atoms with Crippen molar-refractivity contribution in [2.45, 2.75) is 98.3 Å². The van der Waals surface area contributed by atoms with Gasteiger partial charge in [0, 0.05) is 28.9 Å². The molecule has 0 aliphatic heterocycles. The maximum Gasteiger partial charge on any atom is 0.229 e. The van der Waals surface area contributed by atoms with E-state index in [4.69, 9.17) is 0 Å². The topological polar surface area (TPSA) is 51.2 Å². The summed E-state index contributed by atoms with van der Waals surface area (Å²) in [6.07, 6.45) is 10.4. The molecule has 2 aromatic rings. The summed E-state index contributed by atoms with van der Waals surface area (Å²) in [7, 11) is 0. The highest BCUT2D eigenvalue weighted by Crippen LogP contribution is 2.40. The highest BCUT2D eigenvalue weighted by molar-refractivity contribution is 6.55. The number of Topliss-reactive ketones (excluding diaryl/α,β-unsaturated/α-hetero) is 3. The fourth-order valence-corrected chi connectivity index (χ4v) is 6.43. The Balaban J connectivity index is 1.48. The average Bonchev–Trinajstić information content (AvgIpc) is 3.24. The van der Waals surface area contributed by atoms with Gasteiger partial charge in [-0.1, -0.05) is 75.6 Å². The Morgan fingerprint density at radius 1 is 0.947 bits per heavy atom. The summed E-state index contributed by atoms with van der Waals surface area (Å²) in [6, 6.07) is 12.8. The Hall–Kier alpha value is -2.81. The molecule has 2 atom stereocenters. The van der Waals surface area contributed by atoms with E-state index < -0.39 is 0 Å². The predicted octanol–water partition coefficient (Wildman–Crippen LogP) is 8.39. The van der Waals surface area contributed by atoms with Crippen LogP contribution in [0.15, 0.2) is 42.5 Å². The molecule has 0 saturated heterocycles. The minimum atomic E-state index is -0.377. The molecule has 0 amide bonds. The first-order chi connectivity index (χ1) is 18.2. The zero-order chi connectivity index (χ0) is 27.4. The van der Waals surface area contributed by atoms with Gasteiger partial charge in [0.2, 0.25) is 11.6 Å². The van der Waals surface area contributed by atoms with Crippen LogP contribution in [-0.4, -0.2) is 17.3 Å². The van der Waals surface area contributed by atoms with Crippen LogP contribution in [0.2, 0.25) is 0 Å². The molecule has 3 nitrogen and oxygen atoms in total. The van der Waals surface area contributed by atoms with E-state index in [9.17, 15) is 14.4 Å². The van der Waals surface area contributed by atoms with E-state index in [0.717, 1.165) is 73.6 Å². The zero-order valence-corrected chi connectivity index (χ0v) is 23.9. The van der Waals surface area contributed by atoms with Crippen molar-refractivity contribution in [2.75, 3.05) is 0 Å². The minimum Gasteiger partial charge on any atom is -0.294 e. The van der Waals surface area contributed by atoms with Crippen LogP contribution in [0.25, 0.3) is 5.57 Å². The van der Waals surface area contributed by atoms with E-state index >= 15 is 0 Å². The lowest BCUT2D eigenvalue weighted by molar-refractivity contribution is -0.136. The summed E-state index contributed by atoms with van der Waals surface area (Å²) in [4.78, 5) is 40.2. The summed E-state index contributed by atoms with van der Waals surface area (Å²) in [5, 5.41) is 0. The Morgan fingerprint density at radius 3 is 2.26 bits per heavy atom. The maximum atomic E-state index is 13.7. The number of carbonyl (C=O) groups excluding carboxylic acids is 3. The SMILES string of the molecule is CCCCC(CC)C(=O)C(=O)C1=CC(C)c2cc(C)c(C(=O)C3CCC(Cc4ccc(C)cc4)CC3)cc21. The fourth-order valence-electron chi connectivity index (χ4n) is 6.43. The molecule has 38 heavy (non-hydrogen) atoms. The van der Waals surface area contributed by atoms with Crippen LogP contribution in [0.1, 0.15) is 116 Å². The molecule has 4 rings (SSSR count). The predicted molar refractivity (Wildman–Crippen MR) is 156 cm³/mol. The second-order valence-corrected chi connectivity index (χ2v) is 11.8. The van der Waals surface area contributed by atoms with Crippen molar-refractivity contribution >= 4 is 22.9 Å². The average molecular weight is 513 g/mol. The number of hydrogen-bond donors (Lipinski definition) is 0. The Bertz CT molecular complexity index is 1210. The van der Waals surface area contributed by atoms with E-state index in [1.165, 1.54) is 11.1 Å². The lowest BCUT2D eigenvalue weighted by Gasteiger charge is -2.28. The molecule has 0 spiro atoms. The van der Waals surface area contributed by atoms with Crippen molar-refractivity contribution in [2.24, 2.45) is 17.8 Å². The first-order valence-corrected chi connectivity index (χ1v) is 14.8. The van der Waals surface area contributed by atoms with Gasteiger partial charge in [-0.05, 0) is 93.0 Å². The van der Waals surface area contributed by atoms with E-state index in [0.29, 0.717) is 17.9 Å². The van der Waals surface area contributed by atoms with Crippen molar-refractivity contribution in [3.63, 3.8) is 0 Å². The highest BCUT2D eigenvalue weighted by Gasteiger charge is 2.34. The first-order valence-electron chi connectivity index (χ1n) is 14.8. The second kappa shape index (κ2) is 12.4. The molecule has 3 heteroatoms. The molecule has 1 saturated carbocycles. The number of unbranched alkanes of at least 4 members (excludes halogenated alkanes) is 1. The molecule has 1 fully saturated rings. The first kappa shape index (κ1) is 28.2. The quantitative estimate of drug-likeness (QED) is 0.224. The molecule has 0 aromatic heterocycles. The van der Waals surface area contributed by atoms with Crippen molar-refractivity contribution in [1.29, 1.82) is 0 Å². The zero-order valence-electron chi connectivity index (χ0n) is 23.9. The van der Waals surface area contributed by atoms with Crippen molar-refractivity contribution in [3.8, 4) is 0 Å². The molecule has 2 unspecified atom stereocenters. The maximum absolute atomic E-state index is 13.7. The number of fused-ring (bicyclic) bond motifs is 1. The highest BCUT2D eigenvalue weighted by atomic mass is 16.2.